The van der Waals surface area contributed by atoms with Crippen LogP contribution in [-0.2, 0) is 9.47 Å². The van der Waals surface area contributed by atoms with Gasteiger partial charge in [0.05, 0.1) is 18.3 Å². The summed E-state index contributed by atoms with van der Waals surface area (Å²) in [5, 5.41) is 43.6. The fourth-order valence-electron chi connectivity index (χ4n) is 8.00. The molecule has 0 aliphatic heterocycles. The number of ether oxygens (including phenoxy) is 2. The normalized spacial score (nSPS) is 60.4. The van der Waals surface area contributed by atoms with Crippen molar-refractivity contribution in [3.63, 3.8) is 0 Å². The molecule has 0 radical (unpaired) electrons. The molecule has 6 heteroatoms. The third-order valence-corrected chi connectivity index (χ3v) is 9.50. The highest BCUT2D eigenvalue weighted by Crippen LogP contribution is 2.68. The van der Waals surface area contributed by atoms with Crippen LogP contribution in [0.1, 0.15) is 52.4 Å². The molecule has 4 saturated carbocycles. The lowest BCUT2D eigenvalue weighted by Crippen LogP contribution is -2.79. The Bertz CT molecular complexity index is 585. The predicted octanol–water partition coefficient (Wildman–Crippen LogP) is 1.09. The molecular formula is C21H36O6. The van der Waals surface area contributed by atoms with E-state index in [0.717, 1.165) is 25.7 Å². The van der Waals surface area contributed by atoms with Crippen molar-refractivity contribution in [3.8, 4) is 0 Å². The molecule has 0 saturated heterocycles. The Morgan fingerprint density at radius 2 is 1.52 bits per heavy atom. The number of aliphatic hydroxyl groups is 4. The van der Waals surface area contributed by atoms with Crippen LogP contribution < -0.4 is 0 Å². The number of aliphatic hydroxyl groups excluding tert-OH is 4. The molecule has 4 N–H and O–H groups in total. The van der Waals surface area contributed by atoms with E-state index in [9.17, 15) is 20.4 Å². The zero-order chi connectivity index (χ0) is 19.8. The third kappa shape index (κ3) is 2.23. The minimum atomic E-state index is -1.25. The molecule has 4 aliphatic rings. The van der Waals surface area contributed by atoms with E-state index < -0.39 is 35.4 Å². The first-order valence-corrected chi connectivity index (χ1v) is 10.5. The Morgan fingerprint density at radius 3 is 2.15 bits per heavy atom. The van der Waals surface area contributed by atoms with E-state index in [1.54, 1.807) is 7.11 Å². The fraction of sp³-hybridized carbons (Fsp3) is 1.00. The van der Waals surface area contributed by atoms with Crippen LogP contribution in [0.5, 0.6) is 0 Å². The number of methoxy groups -OCH3 is 2. The molecule has 0 unspecified atom stereocenters. The molecule has 0 aromatic rings. The molecule has 4 fully saturated rings. The maximum absolute atomic E-state index is 11.5. The first kappa shape index (κ1) is 20.0. The highest BCUT2D eigenvalue weighted by Gasteiger charge is 2.74. The summed E-state index contributed by atoms with van der Waals surface area (Å²) in [7, 11) is 3.14. The molecule has 0 amide bonds. The average Bonchev–Trinajstić information content (AvgIpc) is 2.95. The Morgan fingerprint density at radius 1 is 0.815 bits per heavy atom. The quantitative estimate of drug-likeness (QED) is 0.569. The lowest BCUT2D eigenvalue weighted by molar-refractivity contribution is -0.340. The van der Waals surface area contributed by atoms with Crippen molar-refractivity contribution in [2.75, 3.05) is 14.2 Å². The van der Waals surface area contributed by atoms with Crippen LogP contribution in [0.2, 0.25) is 0 Å². The van der Waals surface area contributed by atoms with Crippen molar-refractivity contribution in [3.05, 3.63) is 0 Å². The fourth-order valence-corrected chi connectivity index (χ4v) is 8.00. The molecule has 0 aromatic carbocycles. The first-order valence-electron chi connectivity index (χ1n) is 10.5. The molecule has 156 valence electrons. The topological polar surface area (TPSA) is 99.4 Å². The summed E-state index contributed by atoms with van der Waals surface area (Å²) < 4.78 is 11.8. The van der Waals surface area contributed by atoms with Gasteiger partial charge in [0, 0.05) is 19.6 Å². The maximum atomic E-state index is 11.5. The average molecular weight is 385 g/mol. The van der Waals surface area contributed by atoms with Gasteiger partial charge in [-0.2, -0.15) is 0 Å². The van der Waals surface area contributed by atoms with Crippen molar-refractivity contribution in [1.29, 1.82) is 0 Å². The van der Waals surface area contributed by atoms with Gasteiger partial charge in [-0.3, -0.25) is 0 Å². The Kier molecular flexibility index (Phi) is 4.74. The molecule has 0 heterocycles. The van der Waals surface area contributed by atoms with Gasteiger partial charge in [0.15, 0.2) is 0 Å². The van der Waals surface area contributed by atoms with Gasteiger partial charge in [-0.1, -0.05) is 13.8 Å². The summed E-state index contributed by atoms with van der Waals surface area (Å²) in [6.07, 6.45) is 0.867. The third-order valence-electron chi connectivity index (χ3n) is 9.50. The van der Waals surface area contributed by atoms with Crippen LogP contribution in [0.4, 0.5) is 0 Å². The molecule has 4 rings (SSSR count). The Hall–Kier alpha value is -0.240. The SMILES string of the molecule is CO[C@@H]1[C@H]2[C@@H]3CC[C@H](O)[C@@]3(C)CC[C@@H]2[C@@]2(C)CC[C@H](O)[C@H](O)[C@]2(OC)[C@H]1O. The molecular weight excluding hydrogens is 348 g/mol. The largest absolute Gasteiger partial charge is 0.393 e. The van der Waals surface area contributed by atoms with E-state index in [1.807, 2.05) is 0 Å². The van der Waals surface area contributed by atoms with Crippen molar-refractivity contribution in [1.82, 2.24) is 0 Å². The highest BCUT2D eigenvalue weighted by molar-refractivity contribution is 5.23. The molecule has 11 atom stereocenters. The van der Waals surface area contributed by atoms with Crippen molar-refractivity contribution in [2.24, 2.45) is 28.6 Å². The number of hydrogen-bond donors (Lipinski definition) is 4. The molecule has 0 bridgehead atoms. The van der Waals surface area contributed by atoms with Gasteiger partial charge in [0.2, 0.25) is 0 Å². The number of hydrogen-bond acceptors (Lipinski definition) is 6. The second-order valence-electron chi connectivity index (χ2n) is 10.0. The summed E-state index contributed by atoms with van der Waals surface area (Å²) in [5.74, 6) is 0.592. The van der Waals surface area contributed by atoms with Crippen LogP contribution in [0, 0.1) is 28.6 Å². The summed E-state index contributed by atoms with van der Waals surface area (Å²) in [4.78, 5) is 0. The minimum Gasteiger partial charge on any atom is -0.393 e. The standard InChI is InChI=1S/C21H36O6/c1-19-9-7-12-15(11(19)5-6-14(19)23)16(26-3)18(25)21(27-4)17(24)13(22)8-10-20(12,21)2/h11-18,22-25H,5-10H2,1-4H3/t11-,12-,13-,14-,15-,16+,17-,18-,19-,20+,21-/m0/s1. The highest BCUT2D eigenvalue weighted by atomic mass is 16.5. The summed E-state index contributed by atoms with van der Waals surface area (Å²) in [6, 6.07) is 0. The second kappa shape index (κ2) is 6.38. The van der Waals surface area contributed by atoms with Gasteiger partial charge in [-0.05, 0) is 61.7 Å². The molecule has 0 aromatic heterocycles. The summed E-state index contributed by atoms with van der Waals surface area (Å²) in [5.41, 5.74) is -1.86. The van der Waals surface area contributed by atoms with Gasteiger partial charge < -0.3 is 29.9 Å². The van der Waals surface area contributed by atoms with Gasteiger partial charge >= 0.3 is 0 Å². The molecule has 0 spiro atoms. The molecule has 27 heavy (non-hydrogen) atoms. The Balaban J connectivity index is 1.84. The van der Waals surface area contributed by atoms with Crippen LogP contribution in [0.25, 0.3) is 0 Å². The predicted molar refractivity (Wildman–Crippen MR) is 99.0 cm³/mol. The van der Waals surface area contributed by atoms with E-state index in [2.05, 4.69) is 13.8 Å². The van der Waals surface area contributed by atoms with Crippen molar-refractivity contribution in [2.45, 2.75) is 88.5 Å². The molecule has 4 aliphatic carbocycles. The summed E-state index contributed by atoms with van der Waals surface area (Å²) >= 11 is 0. The smallest absolute Gasteiger partial charge is 0.130 e. The maximum Gasteiger partial charge on any atom is 0.130 e. The van der Waals surface area contributed by atoms with Crippen LogP contribution in [0.3, 0.4) is 0 Å². The van der Waals surface area contributed by atoms with Crippen LogP contribution >= 0.6 is 0 Å². The van der Waals surface area contributed by atoms with E-state index in [1.165, 1.54) is 7.11 Å². The van der Waals surface area contributed by atoms with E-state index in [4.69, 9.17) is 9.47 Å². The zero-order valence-electron chi connectivity index (χ0n) is 17.0. The first-order chi connectivity index (χ1) is 12.7. The Labute approximate surface area is 161 Å². The van der Waals surface area contributed by atoms with Crippen LogP contribution in [0.15, 0.2) is 0 Å². The monoisotopic (exact) mass is 384 g/mol. The van der Waals surface area contributed by atoms with Gasteiger partial charge in [-0.25, -0.2) is 0 Å². The van der Waals surface area contributed by atoms with Gasteiger partial charge in [0.25, 0.3) is 0 Å². The minimum absolute atomic E-state index is 0.108. The van der Waals surface area contributed by atoms with E-state index in [-0.39, 0.29) is 29.3 Å². The van der Waals surface area contributed by atoms with Crippen molar-refractivity contribution >= 4 is 0 Å². The van der Waals surface area contributed by atoms with Gasteiger partial charge in [0.1, 0.15) is 17.8 Å². The summed E-state index contributed by atoms with van der Waals surface area (Å²) in [6.45, 7) is 4.30. The lowest BCUT2D eigenvalue weighted by atomic mass is 9.41. The van der Waals surface area contributed by atoms with Crippen LogP contribution in [-0.4, -0.2) is 70.8 Å². The number of rotatable bonds is 2. The zero-order valence-corrected chi connectivity index (χ0v) is 17.0. The molecule has 6 nitrogen and oxygen atoms in total. The number of fused-ring (bicyclic) bond motifs is 5. The lowest BCUT2D eigenvalue weighted by Gasteiger charge is -2.68. The van der Waals surface area contributed by atoms with E-state index >= 15 is 0 Å². The van der Waals surface area contributed by atoms with Crippen molar-refractivity contribution < 1.29 is 29.9 Å². The van der Waals surface area contributed by atoms with Gasteiger partial charge in [-0.15, -0.1) is 0 Å². The second-order valence-corrected chi connectivity index (χ2v) is 10.0. The van der Waals surface area contributed by atoms with E-state index in [0.29, 0.717) is 12.8 Å².